The smallest absolute Gasteiger partial charge is 0.493 e. The van der Waals surface area contributed by atoms with E-state index in [1.807, 2.05) is 19.1 Å². The van der Waals surface area contributed by atoms with Gasteiger partial charge < -0.3 is 22.8 Å². The Hall–Kier alpha value is -1.08. The van der Waals surface area contributed by atoms with Crippen LogP contribution in [-0.2, 0) is 19.3 Å². The first-order valence-electron chi connectivity index (χ1n) is 5.92. The number of aryl methyl sites for hydroxylation is 1. The lowest BCUT2D eigenvalue weighted by atomic mass is 10.1. The van der Waals surface area contributed by atoms with Crippen molar-refractivity contribution in [2.24, 2.45) is 0 Å². The zero-order chi connectivity index (χ0) is 14.5. The summed E-state index contributed by atoms with van der Waals surface area (Å²) in [6, 6.07) is 4.46. The maximum atomic E-state index is 5.45. The number of hydrogen-bond donors (Lipinski definition) is 0. The molecule has 0 aliphatic rings. The molecule has 108 valence electrons. The molecule has 0 radical (unpaired) electrons. The molecule has 0 N–H and O–H groups in total. The second-order valence-corrected chi connectivity index (χ2v) is 7.05. The third-order valence-corrected chi connectivity index (χ3v) is 5.86. The van der Waals surface area contributed by atoms with E-state index in [0.29, 0.717) is 17.5 Å². The fraction of sp³-hybridized carbons (Fsp3) is 0.538. The average molecular weight is 286 g/mol. The highest BCUT2D eigenvalue weighted by Gasteiger charge is 2.38. The Kier molecular flexibility index (Phi) is 5.80. The SMILES string of the molecule is COc1cc(C)c(C[Si](OC)(OC)OC)cc1OC. The van der Waals surface area contributed by atoms with Crippen LogP contribution in [-0.4, -0.2) is 44.4 Å². The zero-order valence-corrected chi connectivity index (χ0v) is 13.4. The molecule has 0 unspecified atom stereocenters. The van der Waals surface area contributed by atoms with Gasteiger partial charge in [-0.1, -0.05) is 0 Å². The van der Waals surface area contributed by atoms with Gasteiger partial charge in [0, 0.05) is 27.4 Å². The highest BCUT2D eigenvalue weighted by molar-refractivity contribution is 6.60. The summed E-state index contributed by atoms with van der Waals surface area (Å²) in [5.74, 6) is 1.40. The Bertz CT molecular complexity index is 409. The molecule has 0 aromatic heterocycles. The monoisotopic (exact) mass is 286 g/mol. The van der Waals surface area contributed by atoms with E-state index in [4.69, 9.17) is 22.8 Å². The lowest BCUT2D eigenvalue weighted by Gasteiger charge is -2.25. The van der Waals surface area contributed by atoms with Crippen molar-refractivity contribution < 1.29 is 22.8 Å². The van der Waals surface area contributed by atoms with Crippen LogP contribution in [0.1, 0.15) is 11.1 Å². The van der Waals surface area contributed by atoms with Crippen molar-refractivity contribution >= 4 is 8.80 Å². The molecule has 6 heteroatoms. The van der Waals surface area contributed by atoms with Crippen molar-refractivity contribution in [3.8, 4) is 11.5 Å². The Balaban J connectivity index is 3.13. The molecule has 19 heavy (non-hydrogen) atoms. The van der Waals surface area contributed by atoms with Crippen molar-refractivity contribution in [1.82, 2.24) is 0 Å². The zero-order valence-electron chi connectivity index (χ0n) is 12.4. The van der Waals surface area contributed by atoms with E-state index in [2.05, 4.69) is 0 Å². The van der Waals surface area contributed by atoms with Gasteiger partial charge in [0.1, 0.15) is 0 Å². The van der Waals surface area contributed by atoms with Gasteiger partial charge in [-0.05, 0) is 30.2 Å². The average Bonchev–Trinajstić information content (AvgIpc) is 2.46. The number of benzene rings is 1. The van der Waals surface area contributed by atoms with Crippen LogP contribution in [0.25, 0.3) is 0 Å². The molecule has 0 aliphatic heterocycles. The third-order valence-electron chi connectivity index (χ3n) is 3.18. The summed E-state index contributed by atoms with van der Waals surface area (Å²) in [5.41, 5.74) is 2.15. The standard InChI is InChI=1S/C13H22O5Si/c1-10-7-12(14-2)13(15-3)8-11(10)9-19(16-4,17-5)18-6/h7-8H,9H2,1-6H3. The lowest BCUT2D eigenvalue weighted by Crippen LogP contribution is -2.45. The first-order valence-corrected chi connectivity index (χ1v) is 7.86. The molecule has 0 bridgehead atoms. The molecule has 0 heterocycles. The Morgan fingerprint density at radius 1 is 0.842 bits per heavy atom. The van der Waals surface area contributed by atoms with Crippen LogP contribution in [0.3, 0.4) is 0 Å². The topological polar surface area (TPSA) is 46.2 Å². The van der Waals surface area contributed by atoms with E-state index >= 15 is 0 Å². The summed E-state index contributed by atoms with van der Waals surface area (Å²) in [6.45, 7) is 2.01. The molecule has 0 saturated heterocycles. The second-order valence-electron chi connectivity index (χ2n) is 4.11. The lowest BCUT2D eigenvalue weighted by molar-refractivity contribution is 0.122. The molecule has 1 aromatic carbocycles. The van der Waals surface area contributed by atoms with E-state index in [0.717, 1.165) is 11.1 Å². The minimum atomic E-state index is -2.65. The van der Waals surface area contributed by atoms with Gasteiger partial charge >= 0.3 is 8.80 Å². The van der Waals surface area contributed by atoms with Gasteiger partial charge in [0.15, 0.2) is 11.5 Å². The summed E-state index contributed by atoms with van der Waals surface area (Å²) >= 11 is 0. The maximum Gasteiger partial charge on any atom is 0.504 e. The van der Waals surface area contributed by atoms with Gasteiger partial charge in [-0.2, -0.15) is 0 Å². The molecular formula is C13H22O5Si. The summed E-state index contributed by atoms with van der Waals surface area (Å²) in [7, 11) is 5.41. The van der Waals surface area contributed by atoms with Crippen LogP contribution in [0.15, 0.2) is 12.1 Å². The van der Waals surface area contributed by atoms with Crippen molar-refractivity contribution in [2.75, 3.05) is 35.5 Å². The summed E-state index contributed by atoms with van der Waals surface area (Å²) in [4.78, 5) is 0. The second kappa shape index (κ2) is 6.90. The summed E-state index contributed by atoms with van der Waals surface area (Å²) < 4.78 is 26.9. The highest BCUT2D eigenvalue weighted by Crippen LogP contribution is 2.31. The molecule has 0 atom stereocenters. The van der Waals surface area contributed by atoms with Crippen molar-refractivity contribution in [3.63, 3.8) is 0 Å². The van der Waals surface area contributed by atoms with Crippen molar-refractivity contribution in [3.05, 3.63) is 23.3 Å². The highest BCUT2D eigenvalue weighted by atomic mass is 28.4. The Labute approximate surface area is 115 Å². The Morgan fingerprint density at radius 2 is 1.32 bits per heavy atom. The van der Waals surface area contributed by atoms with Gasteiger partial charge in [0.2, 0.25) is 0 Å². The van der Waals surface area contributed by atoms with Crippen LogP contribution < -0.4 is 9.47 Å². The van der Waals surface area contributed by atoms with Crippen LogP contribution in [0.5, 0.6) is 11.5 Å². The predicted molar refractivity (Wildman–Crippen MR) is 74.8 cm³/mol. The molecule has 0 saturated carbocycles. The van der Waals surface area contributed by atoms with Crippen LogP contribution >= 0.6 is 0 Å². The fourth-order valence-corrected chi connectivity index (χ4v) is 3.69. The summed E-state index contributed by atoms with van der Waals surface area (Å²) in [6.07, 6.45) is 0. The number of rotatable bonds is 7. The van der Waals surface area contributed by atoms with E-state index in [9.17, 15) is 0 Å². The van der Waals surface area contributed by atoms with Crippen LogP contribution in [0, 0.1) is 6.92 Å². The van der Waals surface area contributed by atoms with Crippen molar-refractivity contribution in [1.29, 1.82) is 0 Å². The first-order chi connectivity index (χ1) is 9.05. The van der Waals surface area contributed by atoms with Crippen LogP contribution in [0.4, 0.5) is 0 Å². The minimum absolute atomic E-state index is 0.586. The molecule has 0 aliphatic carbocycles. The summed E-state index contributed by atoms with van der Waals surface area (Å²) in [5, 5.41) is 0. The molecular weight excluding hydrogens is 264 g/mol. The fourth-order valence-electron chi connectivity index (χ4n) is 1.91. The molecule has 5 nitrogen and oxygen atoms in total. The van der Waals surface area contributed by atoms with Crippen molar-refractivity contribution in [2.45, 2.75) is 13.0 Å². The third kappa shape index (κ3) is 3.47. The molecule has 1 rings (SSSR count). The van der Waals surface area contributed by atoms with E-state index in [1.54, 1.807) is 35.5 Å². The molecule has 0 spiro atoms. The number of methoxy groups -OCH3 is 2. The largest absolute Gasteiger partial charge is 0.504 e. The minimum Gasteiger partial charge on any atom is -0.493 e. The predicted octanol–water partition coefficient (Wildman–Crippen LogP) is 1.97. The van der Waals surface area contributed by atoms with Gasteiger partial charge in [0.25, 0.3) is 0 Å². The van der Waals surface area contributed by atoms with E-state index in [1.165, 1.54) is 0 Å². The first kappa shape index (κ1) is 16.0. The molecule has 0 amide bonds. The van der Waals surface area contributed by atoms with E-state index < -0.39 is 8.80 Å². The number of ether oxygens (including phenoxy) is 2. The van der Waals surface area contributed by atoms with Crippen LogP contribution in [0.2, 0.25) is 0 Å². The quantitative estimate of drug-likeness (QED) is 0.717. The molecule has 0 fully saturated rings. The molecule has 1 aromatic rings. The normalized spacial score (nSPS) is 11.5. The van der Waals surface area contributed by atoms with Gasteiger partial charge in [-0.15, -0.1) is 0 Å². The van der Waals surface area contributed by atoms with Gasteiger partial charge in [0.05, 0.1) is 14.2 Å². The van der Waals surface area contributed by atoms with E-state index in [-0.39, 0.29) is 0 Å². The Morgan fingerprint density at radius 3 is 1.74 bits per heavy atom. The van der Waals surface area contributed by atoms with Gasteiger partial charge in [-0.25, -0.2) is 0 Å². The maximum absolute atomic E-state index is 5.45. The van der Waals surface area contributed by atoms with Gasteiger partial charge in [-0.3, -0.25) is 0 Å². The number of hydrogen-bond acceptors (Lipinski definition) is 5.